The Morgan fingerprint density at radius 3 is 2.63 bits per heavy atom. The number of aromatic carboxylic acids is 1. The number of nitrogens with zero attached hydrogens (tertiary/aromatic N) is 1. The van der Waals surface area contributed by atoms with Crippen LogP contribution in [-0.2, 0) is 0 Å². The molecule has 4 aromatic rings. The monoisotopic (exact) mass is 360 g/mol. The molecule has 0 amide bonds. The number of hydrogen-bond acceptors (Lipinski definition) is 2. The number of rotatable bonds is 3. The van der Waals surface area contributed by atoms with Crippen LogP contribution in [0, 0.1) is 19.7 Å². The lowest BCUT2D eigenvalue weighted by atomic mass is 9.96. The van der Waals surface area contributed by atoms with Crippen LogP contribution in [-0.4, -0.2) is 21.0 Å². The molecule has 5 heteroatoms. The van der Waals surface area contributed by atoms with E-state index < -0.39 is 11.8 Å². The Kier molecular flexibility index (Phi) is 4.00. The predicted octanol–water partition coefficient (Wildman–Crippen LogP) is 5.35. The number of halogens is 1. The number of aryl methyl sites for hydroxylation is 1. The first-order valence-electron chi connectivity index (χ1n) is 8.52. The molecule has 0 unspecified atom stereocenters. The van der Waals surface area contributed by atoms with Crippen molar-refractivity contribution in [1.29, 1.82) is 0 Å². The van der Waals surface area contributed by atoms with E-state index in [9.17, 15) is 9.18 Å². The molecule has 4 rings (SSSR count). The molecule has 2 N–H and O–H groups in total. The van der Waals surface area contributed by atoms with Crippen LogP contribution in [0.3, 0.4) is 0 Å². The molecule has 4 nitrogen and oxygen atoms in total. The van der Waals surface area contributed by atoms with E-state index in [1.165, 1.54) is 23.3 Å². The van der Waals surface area contributed by atoms with Gasteiger partial charge in [0, 0.05) is 28.9 Å². The van der Waals surface area contributed by atoms with Gasteiger partial charge in [0.1, 0.15) is 11.5 Å². The third kappa shape index (κ3) is 2.87. The Hall–Kier alpha value is -3.47. The molecule has 0 spiro atoms. The minimum atomic E-state index is -1.28. The second kappa shape index (κ2) is 6.36. The highest BCUT2D eigenvalue weighted by atomic mass is 19.1. The van der Waals surface area contributed by atoms with Crippen molar-refractivity contribution in [3.63, 3.8) is 0 Å². The number of aromatic amines is 1. The smallest absolute Gasteiger partial charge is 0.338 e. The maximum Gasteiger partial charge on any atom is 0.338 e. The van der Waals surface area contributed by atoms with Gasteiger partial charge in [-0.05, 0) is 54.3 Å². The number of benzene rings is 2. The maximum absolute atomic E-state index is 14.1. The number of carboxylic acid groups (broad SMARTS) is 1. The molecule has 134 valence electrons. The summed E-state index contributed by atoms with van der Waals surface area (Å²) < 4.78 is 14.1. The average Bonchev–Trinajstić information content (AvgIpc) is 3.06. The predicted molar refractivity (Wildman–Crippen MR) is 103 cm³/mol. The fraction of sp³-hybridized carbons (Fsp3) is 0.0909. The molecule has 27 heavy (non-hydrogen) atoms. The van der Waals surface area contributed by atoms with Crippen LogP contribution in [0.15, 0.2) is 54.9 Å². The van der Waals surface area contributed by atoms with Crippen molar-refractivity contribution in [3.05, 3.63) is 77.4 Å². The Bertz CT molecular complexity index is 1190. The molecular formula is C22H17FN2O2. The standard InChI is InChI=1S/C22H17FN2O2/c1-12-4-3-5-16(13(12)2)15-8-18-19(11-25-21(18)24-10-15)14-6-7-17(22(26)27)20(23)9-14/h3-11H,1-2H3,(H,24,25)(H,26,27). The van der Waals surface area contributed by atoms with Crippen molar-refractivity contribution in [2.75, 3.05) is 0 Å². The molecule has 0 atom stereocenters. The first-order valence-corrected chi connectivity index (χ1v) is 8.52. The summed E-state index contributed by atoms with van der Waals surface area (Å²) in [5.41, 5.74) is 6.20. The lowest BCUT2D eigenvalue weighted by molar-refractivity contribution is 0.0692. The van der Waals surface area contributed by atoms with Crippen molar-refractivity contribution >= 4 is 17.0 Å². The number of fused-ring (bicyclic) bond motifs is 1. The van der Waals surface area contributed by atoms with Crippen molar-refractivity contribution in [2.24, 2.45) is 0 Å². The van der Waals surface area contributed by atoms with E-state index in [2.05, 4.69) is 35.9 Å². The number of pyridine rings is 1. The van der Waals surface area contributed by atoms with E-state index in [4.69, 9.17) is 5.11 Å². The normalized spacial score (nSPS) is 11.1. The van der Waals surface area contributed by atoms with Crippen molar-refractivity contribution < 1.29 is 14.3 Å². The summed E-state index contributed by atoms with van der Waals surface area (Å²) in [7, 11) is 0. The first kappa shape index (κ1) is 17.0. The summed E-state index contributed by atoms with van der Waals surface area (Å²) in [6.45, 7) is 4.15. The Morgan fingerprint density at radius 1 is 1.07 bits per heavy atom. The Morgan fingerprint density at radius 2 is 1.89 bits per heavy atom. The fourth-order valence-electron chi connectivity index (χ4n) is 3.31. The highest BCUT2D eigenvalue weighted by Gasteiger charge is 2.14. The number of aromatic nitrogens is 2. The van der Waals surface area contributed by atoms with Crippen LogP contribution in [0.1, 0.15) is 21.5 Å². The van der Waals surface area contributed by atoms with Crippen molar-refractivity contribution in [3.8, 4) is 22.3 Å². The number of carboxylic acids is 1. The molecule has 0 radical (unpaired) electrons. The Labute approximate surface area is 155 Å². The lowest BCUT2D eigenvalue weighted by Crippen LogP contribution is -2.00. The van der Waals surface area contributed by atoms with E-state index >= 15 is 0 Å². The lowest BCUT2D eigenvalue weighted by Gasteiger charge is -2.09. The van der Waals surface area contributed by atoms with Gasteiger partial charge in [-0.3, -0.25) is 0 Å². The third-order valence-corrected chi connectivity index (χ3v) is 4.96. The van der Waals surface area contributed by atoms with Gasteiger partial charge in [0.05, 0.1) is 5.56 Å². The summed E-state index contributed by atoms with van der Waals surface area (Å²) >= 11 is 0. The van der Waals surface area contributed by atoms with E-state index in [-0.39, 0.29) is 5.56 Å². The van der Waals surface area contributed by atoms with Crippen LogP contribution in [0.4, 0.5) is 4.39 Å². The van der Waals surface area contributed by atoms with Gasteiger partial charge < -0.3 is 10.1 Å². The molecule has 0 aliphatic rings. The molecule has 2 aromatic heterocycles. The van der Waals surface area contributed by atoms with Crippen LogP contribution in [0.2, 0.25) is 0 Å². The number of nitrogens with one attached hydrogen (secondary N) is 1. The van der Waals surface area contributed by atoms with Gasteiger partial charge in [-0.2, -0.15) is 0 Å². The van der Waals surface area contributed by atoms with Crippen molar-refractivity contribution in [1.82, 2.24) is 9.97 Å². The molecule has 2 heterocycles. The van der Waals surface area contributed by atoms with E-state index in [1.807, 2.05) is 18.3 Å². The van der Waals surface area contributed by atoms with E-state index in [1.54, 1.807) is 12.3 Å². The maximum atomic E-state index is 14.1. The zero-order valence-electron chi connectivity index (χ0n) is 14.9. The van der Waals surface area contributed by atoms with Crippen LogP contribution in [0.5, 0.6) is 0 Å². The van der Waals surface area contributed by atoms with Gasteiger partial charge in [-0.15, -0.1) is 0 Å². The molecule has 0 saturated carbocycles. The fourth-order valence-corrected chi connectivity index (χ4v) is 3.31. The largest absolute Gasteiger partial charge is 0.478 e. The summed E-state index contributed by atoms with van der Waals surface area (Å²) in [5.74, 6) is -2.04. The molecular weight excluding hydrogens is 343 g/mol. The minimum Gasteiger partial charge on any atom is -0.478 e. The highest BCUT2D eigenvalue weighted by molar-refractivity contribution is 5.97. The quantitative estimate of drug-likeness (QED) is 0.517. The highest BCUT2D eigenvalue weighted by Crippen LogP contribution is 2.33. The van der Waals surface area contributed by atoms with Gasteiger partial charge in [0.15, 0.2) is 0 Å². The van der Waals surface area contributed by atoms with Crippen molar-refractivity contribution in [2.45, 2.75) is 13.8 Å². The Balaban J connectivity index is 1.87. The van der Waals surface area contributed by atoms with Gasteiger partial charge in [0.2, 0.25) is 0 Å². The zero-order chi connectivity index (χ0) is 19.1. The summed E-state index contributed by atoms with van der Waals surface area (Å²) in [4.78, 5) is 18.6. The van der Waals surface area contributed by atoms with E-state index in [0.29, 0.717) is 11.2 Å². The second-order valence-corrected chi connectivity index (χ2v) is 6.57. The number of carbonyl (C=O) groups is 1. The minimum absolute atomic E-state index is 0.340. The molecule has 0 saturated heterocycles. The average molecular weight is 360 g/mol. The summed E-state index contributed by atoms with van der Waals surface area (Å²) in [6, 6.07) is 12.3. The van der Waals surface area contributed by atoms with Crippen LogP contribution in [0.25, 0.3) is 33.3 Å². The summed E-state index contributed by atoms with van der Waals surface area (Å²) in [6.07, 6.45) is 3.58. The van der Waals surface area contributed by atoms with Crippen LogP contribution < -0.4 is 0 Å². The van der Waals surface area contributed by atoms with Gasteiger partial charge >= 0.3 is 5.97 Å². The molecule has 2 aromatic carbocycles. The van der Waals surface area contributed by atoms with Gasteiger partial charge in [-0.1, -0.05) is 24.3 Å². The second-order valence-electron chi connectivity index (χ2n) is 6.57. The molecule has 0 aliphatic heterocycles. The molecule has 0 fully saturated rings. The first-order chi connectivity index (χ1) is 13.0. The molecule has 0 aliphatic carbocycles. The topological polar surface area (TPSA) is 66.0 Å². The molecule has 0 bridgehead atoms. The van der Waals surface area contributed by atoms with E-state index in [0.717, 1.165) is 22.1 Å². The van der Waals surface area contributed by atoms with Gasteiger partial charge in [0.25, 0.3) is 0 Å². The van der Waals surface area contributed by atoms with Crippen LogP contribution >= 0.6 is 0 Å². The third-order valence-electron chi connectivity index (χ3n) is 4.96. The van der Waals surface area contributed by atoms with Gasteiger partial charge in [-0.25, -0.2) is 14.2 Å². The number of hydrogen-bond donors (Lipinski definition) is 2. The SMILES string of the molecule is Cc1cccc(-c2cnc3[nH]cc(-c4ccc(C(=O)O)c(F)c4)c3c2)c1C. The number of H-pyrrole nitrogens is 1. The zero-order valence-corrected chi connectivity index (χ0v) is 14.9. The summed E-state index contributed by atoms with van der Waals surface area (Å²) in [5, 5.41) is 9.87.